The van der Waals surface area contributed by atoms with E-state index in [-0.39, 0.29) is 29.1 Å². The molecule has 1 aliphatic heterocycles. The highest BCUT2D eigenvalue weighted by atomic mass is 32.2. The number of aliphatic hydroxyl groups excluding tert-OH is 1. The molecular weight excluding hydrogens is 522 g/mol. The Morgan fingerprint density at radius 2 is 1.75 bits per heavy atom. The van der Waals surface area contributed by atoms with Crippen molar-refractivity contribution in [1.29, 1.82) is 0 Å². The number of hydrogen-bond donors (Lipinski definition) is 4. The Bertz CT molecular complexity index is 1150. The van der Waals surface area contributed by atoms with Crippen LogP contribution in [0.5, 0.6) is 5.75 Å². The van der Waals surface area contributed by atoms with Crippen LogP contribution < -0.4 is 10.6 Å². The molecule has 0 aromatic heterocycles. The smallest absolute Gasteiger partial charge is 0.252 e. The molecule has 2 aliphatic rings. The first-order valence-electron chi connectivity index (χ1n) is 14.5. The molecule has 8 heteroatoms. The van der Waals surface area contributed by atoms with Gasteiger partial charge >= 0.3 is 0 Å². The van der Waals surface area contributed by atoms with Crippen molar-refractivity contribution < 1.29 is 19.8 Å². The molecule has 2 aromatic carbocycles. The van der Waals surface area contributed by atoms with Crippen LogP contribution in [0, 0.1) is 18.8 Å². The van der Waals surface area contributed by atoms with Gasteiger partial charge in [-0.2, -0.15) is 0 Å². The van der Waals surface area contributed by atoms with E-state index in [0.717, 1.165) is 30.7 Å². The molecule has 218 valence electrons. The predicted octanol–water partition coefficient (Wildman–Crippen LogP) is 4.75. The molecule has 40 heavy (non-hydrogen) atoms. The number of aliphatic hydroxyl groups is 1. The first-order valence-corrected chi connectivity index (χ1v) is 15.5. The SMILES string of the molecule is Cc1c(O)cccc1C(=O)NC(CSc1ccccc1)[C@H](O)CN1CC2CCCCC2CC1C(=O)NC(C)(C)C. The Morgan fingerprint density at radius 1 is 1.05 bits per heavy atom. The number of carbonyl (C=O) groups is 2. The maximum absolute atomic E-state index is 13.5. The van der Waals surface area contributed by atoms with Crippen LogP contribution in [0.3, 0.4) is 0 Å². The lowest BCUT2D eigenvalue weighted by Crippen LogP contribution is -2.60. The minimum absolute atomic E-state index is 0.0124. The lowest BCUT2D eigenvalue weighted by molar-refractivity contribution is -0.132. The fraction of sp³-hybridized carbons (Fsp3) is 0.562. The van der Waals surface area contributed by atoms with Gasteiger partial charge in [-0.05, 0) is 76.6 Å². The summed E-state index contributed by atoms with van der Waals surface area (Å²) in [7, 11) is 0. The largest absolute Gasteiger partial charge is 0.508 e. The summed E-state index contributed by atoms with van der Waals surface area (Å²) in [6, 6.07) is 13.9. The Kier molecular flexibility index (Phi) is 10.2. The molecule has 2 aromatic rings. The highest BCUT2D eigenvalue weighted by Gasteiger charge is 2.41. The summed E-state index contributed by atoms with van der Waals surface area (Å²) in [5.74, 6) is 1.27. The van der Waals surface area contributed by atoms with E-state index in [0.29, 0.717) is 35.3 Å². The van der Waals surface area contributed by atoms with Crippen molar-refractivity contribution in [2.24, 2.45) is 11.8 Å². The van der Waals surface area contributed by atoms with Gasteiger partial charge in [-0.25, -0.2) is 0 Å². The highest BCUT2D eigenvalue weighted by Crippen LogP contribution is 2.39. The van der Waals surface area contributed by atoms with Crippen LogP contribution in [0.15, 0.2) is 53.4 Å². The van der Waals surface area contributed by atoms with Gasteiger partial charge < -0.3 is 20.8 Å². The number of nitrogens with one attached hydrogen (secondary N) is 2. The molecule has 7 nitrogen and oxygen atoms in total. The van der Waals surface area contributed by atoms with E-state index < -0.39 is 12.1 Å². The fourth-order valence-corrected chi connectivity index (χ4v) is 7.09. The van der Waals surface area contributed by atoms with E-state index in [1.54, 1.807) is 36.9 Å². The number of thioether (sulfide) groups is 1. The third kappa shape index (κ3) is 8.02. The molecule has 1 aliphatic carbocycles. The normalized spacial score (nSPS) is 23.1. The molecule has 1 saturated heterocycles. The Balaban J connectivity index is 1.54. The van der Waals surface area contributed by atoms with Gasteiger partial charge in [0, 0.05) is 40.4 Å². The second-order valence-corrected chi connectivity index (χ2v) is 13.6. The van der Waals surface area contributed by atoms with Crippen LogP contribution in [-0.2, 0) is 4.79 Å². The maximum Gasteiger partial charge on any atom is 0.252 e. The number of likely N-dealkylation sites (tertiary alicyclic amines) is 1. The average Bonchev–Trinajstić information content (AvgIpc) is 2.91. The number of hydrogen-bond acceptors (Lipinski definition) is 6. The van der Waals surface area contributed by atoms with Gasteiger partial charge in [-0.3, -0.25) is 14.5 Å². The standard InChI is InChI=1S/C32H45N3O4S/c1-21-25(15-10-16-28(21)36)30(38)33-26(20-40-24-13-6-5-7-14-24)29(37)19-35-18-23-12-9-8-11-22(23)17-27(35)31(39)34-32(2,3)4/h5-7,10,13-16,22-23,26-27,29,36-37H,8-9,11-12,17-20H2,1-4H3,(H,33,38)(H,34,39)/t22?,23?,26?,27?,29-/m1/s1. The summed E-state index contributed by atoms with van der Waals surface area (Å²) in [5.41, 5.74) is 0.543. The number of amides is 2. The van der Waals surface area contributed by atoms with E-state index in [4.69, 9.17) is 0 Å². The van der Waals surface area contributed by atoms with E-state index in [9.17, 15) is 19.8 Å². The van der Waals surface area contributed by atoms with Crippen LogP contribution in [0.4, 0.5) is 0 Å². The van der Waals surface area contributed by atoms with Crippen LogP contribution in [-0.4, -0.2) is 69.5 Å². The average molecular weight is 568 g/mol. The number of aromatic hydroxyl groups is 1. The zero-order valence-electron chi connectivity index (χ0n) is 24.2. The van der Waals surface area contributed by atoms with Crippen molar-refractivity contribution >= 4 is 23.6 Å². The van der Waals surface area contributed by atoms with E-state index in [1.165, 1.54) is 12.8 Å². The topological polar surface area (TPSA) is 102 Å². The van der Waals surface area contributed by atoms with E-state index in [2.05, 4.69) is 15.5 Å². The molecule has 4 rings (SSSR count). The number of benzene rings is 2. The quantitative estimate of drug-likeness (QED) is 0.327. The number of carbonyl (C=O) groups excluding carboxylic acids is 2. The number of rotatable bonds is 9. The molecule has 4 unspecified atom stereocenters. The van der Waals surface area contributed by atoms with Crippen LogP contribution >= 0.6 is 11.8 Å². The molecule has 0 radical (unpaired) electrons. The molecule has 1 saturated carbocycles. The maximum atomic E-state index is 13.5. The Labute approximate surface area is 243 Å². The number of fused-ring (bicyclic) bond motifs is 1. The van der Waals surface area contributed by atoms with Crippen LogP contribution in [0.2, 0.25) is 0 Å². The summed E-state index contributed by atoms with van der Waals surface area (Å²) >= 11 is 1.57. The zero-order chi connectivity index (χ0) is 28.9. The number of piperidine rings is 1. The second-order valence-electron chi connectivity index (χ2n) is 12.5. The van der Waals surface area contributed by atoms with Crippen molar-refractivity contribution in [3.05, 3.63) is 59.7 Å². The van der Waals surface area contributed by atoms with Gasteiger partial charge in [-0.15, -0.1) is 11.8 Å². The molecule has 5 atom stereocenters. The Hall–Kier alpha value is -2.55. The third-order valence-electron chi connectivity index (χ3n) is 8.23. The lowest BCUT2D eigenvalue weighted by Gasteiger charge is -2.47. The Morgan fingerprint density at radius 3 is 2.45 bits per heavy atom. The first kappa shape index (κ1) is 30.4. The van der Waals surface area contributed by atoms with Gasteiger partial charge in [0.25, 0.3) is 5.91 Å². The summed E-state index contributed by atoms with van der Waals surface area (Å²) in [4.78, 5) is 30.0. The van der Waals surface area contributed by atoms with Crippen molar-refractivity contribution in [1.82, 2.24) is 15.5 Å². The van der Waals surface area contributed by atoms with Gasteiger partial charge in [0.1, 0.15) is 5.75 Å². The minimum Gasteiger partial charge on any atom is -0.508 e. The highest BCUT2D eigenvalue weighted by molar-refractivity contribution is 7.99. The lowest BCUT2D eigenvalue weighted by atomic mass is 9.72. The molecule has 2 amide bonds. The number of nitrogens with zero attached hydrogens (tertiary/aromatic N) is 1. The summed E-state index contributed by atoms with van der Waals surface area (Å²) < 4.78 is 0. The molecule has 1 heterocycles. The third-order valence-corrected chi connectivity index (χ3v) is 9.36. The van der Waals surface area contributed by atoms with Gasteiger partial charge in [0.2, 0.25) is 5.91 Å². The van der Waals surface area contributed by atoms with Gasteiger partial charge in [0.05, 0.1) is 18.2 Å². The summed E-state index contributed by atoms with van der Waals surface area (Å²) in [5, 5.41) is 28.0. The van der Waals surface area contributed by atoms with Crippen molar-refractivity contribution in [2.75, 3.05) is 18.8 Å². The van der Waals surface area contributed by atoms with Gasteiger partial charge in [0.15, 0.2) is 0 Å². The zero-order valence-corrected chi connectivity index (χ0v) is 25.0. The first-order chi connectivity index (χ1) is 19.0. The van der Waals surface area contributed by atoms with E-state index in [1.807, 2.05) is 51.1 Å². The molecule has 0 spiro atoms. The van der Waals surface area contributed by atoms with E-state index >= 15 is 0 Å². The van der Waals surface area contributed by atoms with Gasteiger partial charge in [-0.1, -0.05) is 43.5 Å². The number of β-amino-alcohol motifs (C(OH)–C–C–N with tert-alkyl or cyclic N) is 1. The van der Waals surface area contributed by atoms with Crippen LogP contribution in [0.25, 0.3) is 0 Å². The molecule has 2 fully saturated rings. The minimum atomic E-state index is -0.886. The number of phenols is 1. The molecular formula is C32H45N3O4S. The predicted molar refractivity (Wildman–Crippen MR) is 161 cm³/mol. The summed E-state index contributed by atoms with van der Waals surface area (Å²) in [6.07, 6.45) is 4.67. The second kappa shape index (κ2) is 13.4. The van der Waals surface area contributed by atoms with Crippen molar-refractivity contribution in [3.63, 3.8) is 0 Å². The van der Waals surface area contributed by atoms with Crippen LogP contribution in [0.1, 0.15) is 68.8 Å². The van der Waals surface area contributed by atoms with Crippen molar-refractivity contribution in [3.8, 4) is 5.75 Å². The summed E-state index contributed by atoms with van der Waals surface area (Å²) in [6.45, 7) is 8.76. The monoisotopic (exact) mass is 567 g/mol. The van der Waals surface area contributed by atoms with Crippen molar-refractivity contribution in [2.45, 2.75) is 88.4 Å². The molecule has 0 bridgehead atoms. The molecule has 4 N–H and O–H groups in total. The number of phenolic OH excluding ortho intramolecular Hbond substituents is 1. The fourth-order valence-electron chi connectivity index (χ4n) is 6.06.